The molecule has 2 aromatic rings. The van der Waals surface area contributed by atoms with Gasteiger partial charge in [0.15, 0.2) is 0 Å². The molecular weight excluding hydrogens is 208 g/mol. The minimum Gasteiger partial charge on any atom is -0.347 e. The Morgan fingerprint density at radius 3 is 2.53 bits per heavy atom. The van der Waals surface area contributed by atoms with E-state index in [4.69, 9.17) is 5.73 Å². The summed E-state index contributed by atoms with van der Waals surface area (Å²) in [5.74, 6) is 0. The summed E-state index contributed by atoms with van der Waals surface area (Å²) in [7, 11) is 2.17. The first kappa shape index (κ1) is 12.2. The van der Waals surface area contributed by atoms with Crippen LogP contribution in [0.2, 0.25) is 0 Å². The molecule has 1 heterocycles. The number of nitrogens with zero attached hydrogens (tertiary/aromatic N) is 1. The largest absolute Gasteiger partial charge is 0.347 e. The minimum atomic E-state index is 0.763. The second-order valence-corrected chi connectivity index (χ2v) is 5.00. The smallest absolute Gasteiger partial charge is 0.0488 e. The first-order chi connectivity index (χ1) is 8.06. The Morgan fingerprint density at radius 1 is 1.18 bits per heavy atom. The van der Waals surface area contributed by atoms with Gasteiger partial charge in [-0.1, -0.05) is 6.07 Å². The van der Waals surface area contributed by atoms with Crippen molar-refractivity contribution in [3.63, 3.8) is 0 Å². The maximum atomic E-state index is 5.62. The van der Waals surface area contributed by atoms with E-state index in [1.165, 1.54) is 33.3 Å². The molecule has 0 aliphatic carbocycles. The minimum absolute atomic E-state index is 0.763. The Morgan fingerprint density at radius 2 is 1.88 bits per heavy atom. The Hall–Kier alpha value is -1.28. The van der Waals surface area contributed by atoms with Crippen LogP contribution in [0.1, 0.15) is 28.8 Å². The van der Waals surface area contributed by atoms with Crippen molar-refractivity contribution < 1.29 is 0 Å². The van der Waals surface area contributed by atoms with Gasteiger partial charge in [-0.3, -0.25) is 0 Å². The van der Waals surface area contributed by atoms with E-state index in [2.05, 4.69) is 44.5 Å². The van der Waals surface area contributed by atoms with Crippen LogP contribution in [-0.4, -0.2) is 11.1 Å². The predicted molar refractivity (Wildman–Crippen MR) is 74.5 cm³/mol. The average Bonchev–Trinajstić information content (AvgIpc) is 2.49. The third-order valence-electron chi connectivity index (χ3n) is 3.65. The first-order valence-corrected chi connectivity index (χ1v) is 6.31. The predicted octanol–water partition coefficient (Wildman–Crippen LogP) is 2.99. The van der Waals surface area contributed by atoms with Crippen molar-refractivity contribution in [2.24, 2.45) is 12.8 Å². The van der Waals surface area contributed by atoms with Crippen LogP contribution in [-0.2, 0) is 13.5 Å². The van der Waals surface area contributed by atoms with E-state index >= 15 is 0 Å². The molecule has 2 rings (SSSR count). The lowest BCUT2D eigenvalue weighted by molar-refractivity contribution is 0.760. The Kier molecular flexibility index (Phi) is 3.25. The van der Waals surface area contributed by atoms with E-state index in [-0.39, 0.29) is 0 Å². The molecule has 92 valence electrons. The molecule has 0 atom stereocenters. The fourth-order valence-electron chi connectivity index (χ4n) is 2.86. The number of aromatic nitrogens is 1. The Bertz CT molecular complexity index is 550. The molecule has 0 radical (unpaired) electrons. The lowest BCUT2D eigenvalue weighted by Gasteiger charge is -2.04. The van der Waals surface area contributed by atoms with E-state index in [1.807, 2.05) is 0 Å². The van der Waals surface area contributed by atoms with Gasteiger partial charge in [-0.25, -0.2) is 0 Å². The lowest BCUT2D eigenvalue weighted by Crippen LogP contribution is -2.04. The summed E-state index contributed by atoms with van der Waals surface area (Å²) >= 11 is 0. The summed E-state index contributed by atoms with van der Waals surface area (Å²) in [4.78, 5) is 0. The van der Waals surface area contributed by atoms with E-state index in [0.717, 1.165) is 19.4 Å². The third-order valence-corrected chi connectivity index (χ3v) is 3.65. The summed E-state index contributed by atoms with van der Waals surface area (Å²) in [6, 6.07) is 4.54. The average molecular weight is 230 g/mol. The molecule has 17 heavy (non-hydrogen) atoms. The van der Waals surface area contributed by atoms with Gasteiger partial charge in [-0.2, -0.15) is 0 Å². The molecule has 0 aliphatic heterocycles. The van der Waals surface area contributed by atoms with Crippen LogP contribution in [0.25, 0.3) is 10.9 Å². The van der Waals surface area contributed by atoms with E-state index < -0.39 is 0 Å². The second-order valence-electron chi connectivity index (χ2n) is 5.00. The number of aryl methyl sites for hydroxylation is 4. The van der Waals surface area contributed by atoms with Crippen LogP contribution in [0, 0.1) is 20.8 Å². The third kappa shape index (κ3) is 1.98. The highest BCUT2D eigenvalue weighted by molar-refractivity contribution is 5.89. The van der Waals surface area contributed by atoms with Crippen molar-refractivity contribution in [1.82, 2.24) is 4.57 Å². The van der Waals surface area contributed by atoms with Crippen LogP contribution in [0.15, 0.2) is 12.1 Å². The zero-order valence-electron chi connectivity index (χ0n) is 11.3. The van der Waals surface area contributed by atoms with Crippen LogP contribution >= 0.6 is 0 Å². The standard InChI is InChI=1S/C15H22N2/c1-10-8-11(2)15-12(3)13(6-5-7-16)17(4)14(15)9-10/h8-9H,5-7,16H2,1-4H3. The van der Waals surface area contributed by atoms with E-state index in [0.29, 0.717) is 0 Å². The van der Waals surface area contributed by atoms with E-state index in [9.17, 15) is 0 Å². The molecule has 0 saturated heterocycles. The second kappa shape index (κ2) is 4.53. The zero-order valence-corrected chi connectivity index (χ0v) is 11.3. The molecule has 2 N–H and O–H groups in total. The normalized spacial score (nSPS) is 11.4. The molecular formula is C15H22N2. The number of rotatable bonds is 3. The van der Waals surface area contributed by atoms with Crippen molar-refractivity contribution in [2.45, 2.75) is 33.6 Å². The summed E-state index contributed by atoms with van der Waals surface area (Å²) < 4.78 is 2.33. The zero-order chi connectivity index (χ0) is 12.6. The number of fused-ring (bicyclic) bond motifs is 1. The fraction of sp³-hybridized carbons (Fsp3) is 0.467. The molecule has 0 saturated carbocycles. The van der Waals surface area contributed by atoms with Gasteiger partial charge in [0.1, 0.15) is 0 Å². The molecule has 1 aromatic heterocycles. The molecule has 2 heteroatoms. The number of benzene rings is 1. The summed E-state index contributed by atoms with van der Waals surface area (Å²) in [5.41, 5.74) is 12.5. The van der Waals surface area contributed by atoms with Gasteiger partial charge in [0.25, 0.3) is 0 Å². The van der Waals surface area contributed by atoms with Gasteiger partial charge < -0.3 is 10.3 Å². The van der Waals surface area contributed by atoms with Crippen molar-refractivity contribution >= 4 is 10.9 Å². The van der Waals surface area contributed by atoms with Gasteiger partial charge in [0.2, 0.25) is 0 Å². The summed E-state index contributed by atoms with van der Waals surface area (Å²) in [6.45, 7) is 7.36. The maximum absolute atomic E-state index is 5.62. The first-order valence-electron chi connectivity index (χ1n) is 6.31. The highest BCUT2D eigenvalue weighted by atomic mass is 14.9. The van der Waals surface area contributed by atoms with Crippen LogP contribution < -0.4 is 5.73 Å². The van der Waals surface area contributed by atoms with Crippen molar-refractivity contribution in [3.8, 4) is 0 Å². The molecule has 0 fully saturated rings. The van der Waals surface area contributed by atoms with Crippen LogP contribution in [0.3, 0.4) is 0 Å². The topological polar surface area (TPSA) is 30.9 Å². The SMILES string of the molecule is Cc1cc(C)c2c(C)c(CCCN)n(C)c2c1. The fourth-order valence-corrected chi connectivity index (χ4v) is 2.86. The summed E-state index contributed by atoms with van der Waals surface area (Å²) in [6.07, 6.45) is 2.13. The molecule has 2 nitrogen and oxygen atoms in total. The van der Waals surface area contributed by atoms with Crippen molar-refractivity contribution in [1.29, 1.82) is 0 Å². The Labute approximate surface area is 103 Å². The number of hydrogen-bond acceptors (Lipinski definition) is 1. The van der Waals surface area contributed by atoms with Gasteiger partial charge in [0, 0.05) is 23.6 Å². The van der Waals surface area contributed by atoms with Gasteiger partial charge in [-0.15, -0.1) is 0 Å². The number of nitrogens with two attached hydrogens (primary N) is 1. The summed E-state index contributed by atoms with van der Waals surface area (Å²) in [5, 5.41) is 1.42. The highest BCUT2D eigenvalue weighted by Crippen LogP contribution is 2.29. The quantitative estimate of drug-likeness (QED) is 0.863. The molecule has 1 aromatic carbocycles. The molecule has 0 bridgehead atoms. The highest BCUT2D eigenvalue weighted by Gasteiger charge is 2.13. The van der Waals surface area contributed by atoms with Gasteiger partial charge >= 0.3 is 0 Å². The van der Waals surface area contributed by atoms with Crippen LogP contribution in [0.5, 0.6) is 0 Å². The van der Waals surface area contributed by atoms with Crippen LogP contribution in [0.4, 0.5) is 0 Å². The molecule has 0 amide bonds. The monoisotopic (exact) mass is 230 g/mol. The molecule has 0 unspecified atom stereocenters. The van der Waals surface area contributed by atoms with Gasteiger partial charge in [0.05, 0.1) is 0 Å². The molecule has 0 aliphatic rings. The Balaban J connectivity index is 2.67. The van der Waals surface area contributed by atoms with Crippen molar-refractivity contribution in [2.75, 3.05) is 6.54 Å². The molecule has 0 spiro atoms. The van der Waals surface area contributed by atoms with E-state index in [1.54, 1.807) is 0 Å². The number of hydrogen-bond donors (Lipinski definition) is 1. The maximum Gasteiger partial charge on any atom is 0.0488 e. The van der Waals surface area contributed by atoms with Crippen molar-refractivity contribution in [3.05, 3.63) is 34.5 Å². The lowest BCUT2D eigenvalue weighted by atomic mass is 10.0. The van der Waals surface area contributed by atoms with Gasteiger partial charge in [-0.05, 0) is 62.9 Å².